The van der Waals surface area contributed by atoms with Crippen LogP contribution in [0, 0.1) is 0 Å². The maximum atomic E-state index is 13.0. The van der Waals surface area contributed by atoms with Gasteiger partial charge in [-0.15, -0.1) is 0 Å². The van der Waals surface area contributed by atoms with Crippen LogP contribution < -0.4 is 10.5 Å². The summed E-state index contributed by atoms with van der Waals surface area (Å²) in [4.78, 5) is 29.2. The van der Waals surface area contributed by atoms with Crippen LogP contribution in [0.5, 0.6) is 5.75 Å². The molecule has 0 radical (unpaired) electrons. The number of amides is 2. The van der Waals surface area contributed by atoms with E-state index >= 15 is 0 Å². The van der Waals surface area contributed by atoms with E-state index in [0.29, 0.717) is 17.9 Å². The monoisotopic (exact) mass is 363 g/mol. The Bertz CT molecular complexity index is 1010. The number of H-pyrrole nitrogens is 1. The van der Waals surface area contributed by atoms with Gasteiger partial charge in [0.15, 0.2) is 6.61 Å². The normalized spacial score (nSPS) is 16.2. The van der Waals surface area contributed by atoms with Crippen LogP contribution in [-0.2, 0) is 11.2 Å². The number of nitrogens with two attached hydrogens (primary N) is 1. The number of aromatic amines is 1. The average Bonchev–Trinajstić information content (AvgIpc) is 3.06. The first-order valence-corrected chi connectivity index (χ1v) is 8.96. The number of nitrogens with zero attached hydrogens (tertiary/aromatic N) is 1. The molecule has 0 saturated carbocycles. The van der Waals surface area contributed by atoms with Crippen LogP contribution >= 0.6 is 0 Å². The molecule has 0 bridgehead atoms. The molecule has 138 valence electrons. The molecule has 27 heavy (non-hydrogen) atoms. The highest BCUT2D eigenvalue weighted by Gasteiger charge is 2.30. The number of fused-ring (bicyclic) bond motifs is 3. The number of carbonyl (C=O) groups is 2. The second-order valence-corrected chi connectivity index (χ2v) is 6.77. The van der Waals surface area contributed by atoms with Crippen molar-refractivity contribution in [2.75, 3.05) is 13.2 Å². The van der Waals surface area contributed by atoms with Crippen molar-refractivity contribution in [2.45, 2.75) is 19.4 Å². The van der Waals surface area contributed by atoms with Gasteiger partial charge in [0, 0.05) is 28.7 Å². The number of benzene rings is 2. The van der Waals surface area contributed by atoms with Gasteiger partial charge in [-0.2, -0.15) is 0 Å². The number of hydrogen-bond acceptors (Lipinski definition) is 3. The highest BCUT2D eigenvalue weighted by molar-refractivity contribution is 5.95. The lowest BCUT2D eigenvalue weighted by molar-refractivity contribution is -0.119. The summed E-state index contributed by atoms with van der Waals surface area (Å²) in [5.41, 5.74) is 9.18. The van der Waals surface area contributed by atoms with Gasteiger partial charge in [0.1, 0.15) is 5.75 Å². The molecule has 2 heterocycles. The van der Waals surface area contributed by atoms with Crippen molar-refractivity contribution in [1.29, 1.82) is 0 Å². The van der Waals surface area contributed by atoms with Gasteiger partial charge in [-0.25, -0.2) is 0 Å². The lowest BCUT2D eigenvalue weighted by Crippen LogP contribution is -2.38. The summed E-state index contributed by atoms with van der Waals surface area (Å²) >= 11 is 0. The van der Waals surface area contributed by atoms with E-state index in [9.17, 15) is 9.59 Å². The van der Waals surface area contributed by atoms with Crippen molar-refractivity contribution in [3.05, 3.63) is 65.4 Å². The molecule has 1 aliphatic heterocycles. The predicted octanol–water partition coefficient (Wildman–Crippen LogP) is 2.79. The topological polar surface area (TPSA) is 88.4 Å². The minimum Gasteiger partial charge on any atom is -0.484 e. The van der Waals surface area contributed by atoms with E-state index in [2.05, 4.69) is 24.0 Å². The number of nitrogens with one attached hydrogen (secondary N) is 1. The van der Waals surface area contributed by atoms with Crippen molar-refractivity contribution in [3.8, 4) is 5.75 Å². The second-order valence-electron chi connectivity index (χ2n) is 6.77. The first-order chi connectivity index (χ1) is 13.0. The molecule has 1 aromatic heterocycles. The van der Waals surface area contributed by atoms with Crippen molar-refractivity contribution >= 4 is 22.7 Å². The van der Waals surface area contributed by atoms with E-state index in [0.717, 1.165) is 17.6 Å². The van der Waals surface area contributed by atoms with Gasteiger partial charge >= 0.3 is 0 Å². The highest BCUT2D eigenvalue weighted by Crippen LogP contribution is 2.34. The molecule has 6 heteroatoms. The SMILES string of the molecule is C[C@H]1c2[nH]c3ccccc3c2CCN1C(=O)c1ccc(OCC(N)=O)cc1. The molecule has 6 nitrogen and oxygen atoms in total. The maximum absolute atomic E-state index is 13.0. The molecule has 0 spiro atoms. The van der Waals surface area contributed by atoms with Crippen LogP contribution in [0.25, 0.3) is 10.9 Å². The van der Waals surface area contributed by atoms with Crippen LogP contribution in [0.1, 0.15) is 34.6 Å². The second kappa shape index (κ2) is 6.79. The summed E-state index contributed by atoms with van der Waals surface area (Å²) in [5.74, 6) is -0.0466. The van der Waals surface area contributed by atoms with Gasteiger partial charge in [-0.1, -0.05) is 18.2 Å². The molecule has 0 saturated heterocycles. The van der Waals surface area contributed by atoms with Crippen molar-refractivity contribution in [1.82, 2.24) is 9.88 Å². The zero-order valence-electron chi connectivity index (χ0n) is 15.1. The number of para-hydroxylation sites is 1. The molecule has 2 amide bonds. The lowest BCUT2D eigenvalue weighted by atomic mass is 9.97. The van der Waals surface area contributed by atoms with E-state index < -0.39 is 5.91 Å². The third-order valence-electron chi connectivity index (χ3n) is 5.08. The number of primary amides is 1. The summed E-state index contributed by atoms with van der Waals surface area (Å²) in [7, 11) is 0. The van der Waals surface area contributed by atoms with Crippen LogP contribution in [-0.4, -0.2) is 34.8 Å². The van der Waals surface area contributed by atoms with Crippen LogP contribution in [0.4, 0.5) is 0 Å². The Morgan fingerprint density at radius 1 is 1.19 bits per heavy atom. The summed E-state index contributed by atoms with van der Waals surface area (Å²) in [6, 6.07) is 15.0. The Kier molecular flexibility index (Phi) is 4.32. The molecule has 3 aromatic rings. The van der Waals surface area contributed by atoms with Crippen molar-refractivity contribution in [2.24, 2.45) is 5.73 Å². The van der Waals surface area contributed by atoms with E-state index in [1.54, 1.807) is 24.3 Å². The summed E-state index contributed by atoms with van der Waals surface area (Å²) in [6.07, 6.45) is 0.829. The quantitative estimate of drug-likeness (QED) is 0.747. The molecule has 1 atom stereocenters. The number of ether oxygens (including phenoxy) is 1. The molecule has 4 rings (SSSR count). The fraction of sp³-hybridized carbons (Fsp3) is 0.238. The molecular formula is C21H21N3O3. The smallest absolute Gasteiger partial charge is 0.255 e. The third kappa shape index (κ3) is 3.14. The van der Waals surface area contributed by atoms with Gasteiger partial charge in [-0.3, -0.25) is 9.59 Å². The predicted molar refractivity (Wildman–Crippen MR) is 103 cm³/mol. The number of aromatic nitrogens is 1. The standard InChI is InChI=1S/C21H21N3O3/c1-13-20-17(16-4-2-3-5-18(16)23-20)10-11-24(13)21(26)14-6-8-15(9-7-14)27-12-19(22)25/h2-9,13,23H,10-12H2,1H3,(H2,22,25)/t13-/m0/s1. The van der Waals surface area contributed by atoms with E-state index in [4.69, 9.17) is 10.5 Å². The Morgan fingerprint density at radius 3 is 2.67 bits per heavy atom. The number of hydrogen-bond donors (Lipinski definition) is 2. The van der Waals surface area contributed by atoms with Gasteiger partial charge in [0.05, 0.1) is 6.04 Å². The first kappa shape index (κ1) is 17.1. The first-order valence-electron chi connectivity index (χ1n) is 8.96. The third-order valence-corrected chi connectivity index (χ3v) is 5.08. The van der Waals surface area contributed by atoms with Crippen LogP contribution in [0.2, 0.25) is 0 Å². The van der Waals surface area contributed by atoms with E-state index in [-0.39, 0.29) is 18.6 Å². The number of rotatable bonds is 4. The fourth-order valence-corrected chi connectivity index (χ4v) is 3.72. The van der Waals surface area contributed by atoms with Gasteiger partial charge < -0.3 is 20.4 Å². The average molecular weight is 363 g/mol. The molecule has 2 aromatic carbocycles. The van der Waals surface area contributed by atoms with Crippen molar-refractivity contribution < 1.29 is 14.3 Å². The van der Waals surface area contributed by atoms with Gasteiger partial charge in [-0.05, 0) is 49.2 Å². The Labute approximate surface area is 156 Å². The van der Waals surface area contributed by atoms with Gasteiger partial charge in [0.25, 0.3) is 11.8 Å². The van der Waals surface area contributed by atoms with E-state index in [1.165, 1.54) is 10.9 Å². The minimum atomic E-state index is -0.536. The Balaban J connectivity index is 1.55. The van der Waals surface area contributed by atoms with Crippen LogP contribution in [0.15, 0.2) is 48.5 Å². The summed E-state index contributed by atoms with van der Waals surface area (Å²) < 4.78 is 5.24. The van der Waals surface area contributed by atoms with Gasteiger partial charge in [0.2, 0.25) is 0 Å². The fourth-order valence-electron chi connectivity index (χ4n) is 3.72. The molecule has 1 aliphatic rings. The molecular weight excluding hydrogens is 342 g/mol. The zero-order chi connectivity index (χ0) is 19.0. The molecule has 0 aliphatic carbocycles. The highest BCUT2D eigenvalue weighted by atomic mass is 16.5. The maximum Gasteiger partial charge on any atom is 0.255 e. The molecule has 3 N–H and O–H groups in total. The Morgan fingerprint density at radius 2 is 1.93 bits per heavy atom. The minimum absolute atomic E-state index is 0.0201. The number of carbonyl (C=O) groups excluding carboxylic acids is 2. The van der Waals surface area contributed by atoms with E-state index in [1.807, 2.05) is 17.0 Å². The molecule has 0 fully saturated rings. The summed E-state index contributed by atoms with van der Waals surface area (Å²) in [6.45, 7) is 2.55. The lowest BCUT2D eigenvalue weighted by Gasteiger charge is -2.33. The Hall–Kier alpha value is -3.28. The zero-order valence-corrected chi connectivity index (χ0v) is 15.1. The molecule has 0 unspecified atom stereocenters. The largest absolute Gasteiger partial charge is 0.484 e. The summed E-state index contributed by atoms with van der Waals surface area (Å²) in [5, 5.41) is 1.24. The van der Waals surface area contributed by atoms with Crippen molar-refractivity contribution in [3.63, 3.8) is 0 Å². The van der Waals surface area contributed by atoms with Crippen LogP contribution in [0.3, 0.4) is 0 Å².